The monoisotopic (exact) mass is 195 g/mol. The van der Waals surface area contributed by atoms with E-state index in [1.165, 1.54) is 0 Å². The highest BCUT2D eigenvalue weighted by Crippen LogP contribution is 2.23. The topological polar surface area (TPSA) is 26.3 Å². The van der Waals surface area contributed by atoms with Crippen LogP contribution in [0.2, 0.25) is 0 Å². The molecule has 1 aromatic carbocycles. The maximum absolute atomic E-state index is 10.3. The highest BCUT2D eigenvalue weighted by atomic mass is 31.1. The van der Waals surface area contributed by atoms with Crippen LogP contribution in [0.5, 0.6) is 5.75 Å². The molecule has 1 atom stereocenters. The van der Waals surface area contributed by atoms with Crippen LogP contribution >= 0.6 is 8.69 Å². The molecular weight excluding hydrogens is 183 g/mol. The fourth-order valence-electron chi connectivity index (χ4n) is 1.12. The third-order valence-corrected chi connectivity index (χ3v) is 1.92. The lowest BCUT2D eigenvalue weighted by Crippen LogP contribution is -1.88. The van der Waals surface area contributed by atoms with Crippen molar-refractivity contribution in [1.29, 1.82) is 0 Å². The van der Waals surface area contributed by atoms with Crippen LogP contribution in [-0.2, 0) is 11.0 Å². The van der Waals surface area contributed by atoms with Gasteiger partial charge < -0.3 is 0 Å². The summed E-state index contributed by atoms with van der Waals surface area (Å²) in [6.07, 6.45) is 0.765. The number of hydrogen-bond donors (Lipinski definition) is 0. The normalized spacial score (nSPS) is 9.92. The zero-order valence-corrected chi connectivity index (χ0v) is 8.54. The van der Waals surface area contributed by atoms with Gasteiger partial charge in [0.25, 0.3) is 0 Å². The zero-order valence-electron chi connectivity index (χ0n) is 7.54. The van der Waals surface area contributed by atoms with Crippen molar-refractivity contribution in [2.45, 2.75) is 13.3 Å². The van der Waals surface area contributed by atoms with Crippen molar-refractivity contribution < 1.29 is 9.09 Å². The van der Waals surface area contributed by atoms with E-state index in [1.54, 1.807) is 0 Å². The summed E-state index contributed by atoms with van der Waals surface area (Å²) in [6, 6.07) is 7.55. The van der Waals surface area contributed by atoms with Gasteiger partial charge in [-0.1, -0.05) is 30.4 Å². The maximum atomic E-state index is 10.3. The summed E-state index contributed by atoms with van der Waals surface area (Å²) in [6.45, 7) is 5.77. The molecule has 0 saturated carbocycles. The highest BCUT2D eigenvalue weighted by molar-refractivity contribution is 7.17. The number of allylic oxidation sites excluding steroid dienone is 1. The van der Waals surface area contributed by atoms with E-state index in [1.807, 2.05) is 31.2 Å². The van der Waals surface area contributed by atoms with Crippen molar-refractivity contribution in [3.63, 3.8) is 0 Å². The molecule has 0 heterocycles. The lowest BCUT2D eigenvalue weighted by atomic mass is 10.1. The average molecular weight is 195 g/mol. The minimum absolute atomic E-state index is 0.679. The molecule has 0 bridgehead atoms. The van der Waals surface area contributed by atoms with Gasteiger partial charge in [0.1, 0.15) is 0 Å². The summed E-state index contributed by atoms with van der Waals surface area (Å²) in [4.78, 5) is 0. The summed E-state index contributed by atoms with van der Waals surface area (Å²) >= 11 is 0. The largest absolute Gasteiger partial charge is 0.542 e. The Morgan fingerprint density at radius 2 is 2.23 bits per heavy atom. The van der Waals surface area contributed by atoms with E-state index >= 15 is 0 Å². The molecule has 0 radical (unpaired) electrons. The van der Waals surface area contributed by atoms with E-state index in [0.717, 1.165) is 17.6 Å². The third kappa shape index (κ3) is 3.00. The second-order valence-corrected chi connectivity index (χ2v) is 3.30. The summed E-state index contributed by atoms with van der Waals surface area (Å²) in [5.74, 6) is 0.679. The van der Waals surface area contributed by atoms with E-state index in [4.69, 9.17) is 4.52 Å². The Morgan fingerprint density at radius 1 is 1.54 bits per heavy atom. The SMILES string of the molecule is C=C(C)Cc1ccccc1O[PH+]=O. The summed E-state index contributed by atoms with van der Waals surface area (Å²) in [5, 5.41) is 0. The van der Waals surface area contributed by atoms with Gasteiger partial charge >= 0.3 is 8.69 Å². The van der Waals surface area contributed by atoms with E-state index in [-0.39, 0.29) is 0 Å². The van der Waals surface area contributed by atoms with Crippen molar-refractivity contribution >= 4 is 8.69 Å². The van der Waals surface area contributed by atoms with Crippen molar-refractivity contribution in [2.24, 2.45) is 0 Å². The summed E-state index contributed by atoms with van der Waals surface area (Å²) in [5.41, 5.74) is 2.09. The first-order valence-corrected chi connectivity index (χ1v) is 4.82. The Balaban J connectivity index is 2.90. The quantitative estimate of drug-likeness (QED) is 0.545. The van der Waals surface area contributed by atoms with Crippen LogP contribution < -0.4 is 4.52 Å². The summed E-state index contributed by atoms with van der Waals surface area (Å²) in [7, 11) is -0.751. The molecule has 1 rings (SSSR count). The lowest BCUT2D eigenvalue weighted by Gasteiger charge is -2.02. The van der Waals surface area contributed by atoms with Gasteiger partial charge in [-0.05, 0) is 24.0 Å². The molecule has 13 heavy (non-hydrogen) atoms. The van der Waals surface area contributed by atoms with Gasteiger partial charge in [-0.15, -0.1) is 0 Å². The molecule has 0 aromatic heterocycles. The molecule has 0 spiro atoms. The van der Waals surface area contributed by atoms with Gasteiger partial charge in [0, 0.05) is 5.56 Å². The average Bonchev–Trinajstić information content (AvgIpc) is 2.08. The van der Waals surface area contributed by atoms with Crippen LogP contribution in [0.15, 0.2) is 36.4 Å². The minimum atomic E-state index is -0.751. The van der Waals surface area contributed by atoms with E-state index in [2.05, 4.69) is 6.58 Å². The van der Waals surface area contributed by atoms with Gasteiger partial charge in [-0.3, -0.25) is 4.52 Å². The van der Waals surface area contributed by atoms with Crippen LogP contribution in [0.25, 0.3) is 0 Å². The Hall–Kier alpha value is -1.14. The molecule has 68 valence electrons. The van der Waals surface area contributed by atoms with Crippen LogP contribution in [0.1, 0.15) is 12.5 Å². The fraction of sp³-hybridized carbons (Fsp3) is 0.200. The third-order valence-electron chi connectivity index (χ3n) is 1.62. The van der Waals surface area contributed by atoms with Gasteiger partial charge in [-0.25, -0.2) is 0 Å². The number of rotatable bonds is 4. The van der Waals surface area contributed by atoms with E-state index in [9.17, 15) is 4.57 Å². The second kappa shape index (κ2) is 4.78. The number of para-hydroxylation sites is 1. The first-order chi connectivity index (χ1) is 6.24. The number of benzene rings is 1. The first-order valence-electron chi connectivity index (χ1n) is 4.00. The Bertz CT molecular complexity index is 320. The van der Waals surface area contributed by atoms with Crippen molar-refractivity contribution in [2.75, 3.05) is 0 Å². The molecule has 0 aliphatic carbocycles. The Labute approximate surface area is 79.5 Å². The predicted molar refractivity (Wildman–Crippen MR) is 54.6 cm³/mol. The molecule has 0 N–H and O–H groups in total. The van der Waals surface area contributed by atoms with Gasteiger partial charge in [0.15, 0.2) is 5.75 Å². The molecular formula is C10H12O2P+. The lowest BCUT2D eigenvalue weighted by molar-refractivity contribution is 0.522. The van der Waals surface area contributed by atoms with E-state index < -0.39 is 8.69 Å². The molecule has 0 amide bonds. The number of hydrogen-bond acceptors (Lipinski definition) is 2. The van der Waals surface area contributed by atoms with Gasteiger partial charge in [-0.2, -0.15) is 0 Å². The predicted octanol–water partition coefficient (Wildman–Crippen LogP) is 3.12. The van der Waals surface area contributed by atoms with Crippen LogP contribution in [0.3, 0.4) is 0 Å². The molecule has 2 nitrogen and oxygen atoms in total. The Kier molecular flexibility index (Phi) is 3.66. The van der Waals surface area contributed by atoms with Gasteiger partial charge in [0.05, 0.1) is 0 Å². The zero-order chi connectivity index (χ0) is 9.68. The second-order valence-electron chi connectivity index (χ2n) is 2.93. The van der Waals surface area contributed by atoms with Crippen LogP contribution in [0.4, 0.5) is 0 Å². The van der Waals surface area contributed by atoms with Gasteiger partial charge in [0.2, 0.25) is 0 Å². The van der Waals surface area contributed by atoms with Crippen molar-refractivity contribution in [3.05, 3.63) is 42.0 Å². The molecule has 3 heteroatoms. The Morgan fingerprint density at radius 3 is 2.85 bits per heavy atom. The smallest absolute Gasteiger partial charge is 0.256 e. The fourth-order valence-corrected chi connectivity index (χ4v) is 1.41. The molecule has 0 aliphatic heterocycles. The standard InChI is InChI=1S/C10H12O2P/c1-8(2)7-9-5-3-4-6-10(9)12-13-11/h3-6,13H,1,7H2,2H3/q+1. The maximum Gasteiger partial charge on any atom is 0.542 e. The van der Waals surface area contributed by atoms with Crippen LogP contribution in [-0.4, -0.2) is 0 Å². The minimum Gasteiger partial charge on any atom is -0.256 e. The molecule has 1 unspecified atom stereocenters. The molecule has 0 aliphatic rings. The van der Waals surface area contributed by atoms with E-state index in [0.29, 0.717) is 5.75 Å². The van der Waals surface area contributed by atoms with Crippen molar-refractivity contribution in [1.82, 2.24) is 0 Å². The highest BCUT2D eigenvalue weighted by Gasteiger charge is 2.05. The summed E-state index contributed by atoms with van der Waals surface area (Å²) < 4.78 is 15.3. The molecule has 0 fully saturated rings. The van der Waals surface area contributed by atoms with Crippen molar-refractivity contribution in [3.8, 4) is 5.75 Å². The van der Waals surface area contributed by atoms with Crippen LogP contribution in [0, 0.1) is 0 Å². The molecule has 1 aromatic rings. The molecule has 0 saturated heterocycles. The first kappa shape index (κ1) is 9.94.